The third-order valence-corrected chi connectivity index (χ3v) is 5.53. The molecule has 3 aromatic heterocycles. The van der Waals surface area contributed by atoms with Gasteiger partial charge in [0.1, 0.15) is 5.82 Å². The normalized spacial score (nSPS) is 11.3. The van der Waals surface area contributed by atoms with E-state index in [0.717, 1.165) is 12.1 Å². The molecule has 0 fully saturated rings. The lowest BCUT2D eigenvalue weighted by molar-refractivity contribution is -0.137. The summed E-state index contributed by atoms with van der Waals surface area (Å²) in [4.78, 5) is 35.7. The molecule has 0 saturated carbocycles. The Morgan fingerprint density at radius 2 is 1.68 bits per heavy atom. The van der Waals surface area contributed by atoms with Crippen LogP contribution in [0.3, 0.4) is 0 Å². The predicted octanol–water partition coefficient (Wildman–Crippen LogP) is 5.50. The van der Waals surface area contributed by atoms with Gasteiger partial charge < -0.3 is 9.88 Å². The molecule has 12 heteroatoms. The molecule has 9 nitrogen and oxygen atoms in total. The number of aromatic nitrogens is 6. The Morgan fingerprint density at radius 1 is 0.921 bits per heavy atom. The zero-order valence-electron chi connectivity index (χ0n) is 19.8. The maximum Gasteiger partial charge on any atom is 0.416 e. The summed E-state index contributed by atoms with van der Waals surface area (Å²) < 4.78 is 42.3. The summed E-state index contributed by atoms with van der Waals surface area (Å²) in [7, 11) is 0. The number of nitrogens with one attached hydrogen (secondary N) is 1. The molecule has 0 aliphatic rings. The number of halogens is 3. The first-order chi connectivity index (χ1) is 18.3. The summed E-state index contributed by atoms with van der Waals surface area (Å²) in [6.07, 6.45) is 6.22. The van der Waals surface area contributed by atoms with Crippen molar-refractivity contribution in [3.8, 4) is 5.69 Å². The Hall–Kier alpha value is -5.13. The zero-order chi connectivity index (χ0) is 26.7. The van der Waals surface area contributed by atoms with Crippen LogP contribution in [-0.2, 0) is 6.18 Å². The van der Waals surface area contributed by atoms with Crippen molar-refractivity contribution in [3.63, 3.8) is 0 Å². The average molecular weight is 516 g/mol. The highest BCUT2D eigenvalue weighted by molar-refractivity contribution is 6.04. The molecule has 5 aromatic rings. The van der Waals surface area contributed by atoms with Crippen molar-refractivity contribution < 1.29 is 18.0 Å². The van der Waals surface area contributed by atoms with Crippen molar-refractivity contribution in [3.05, 3.63) is 109 Å². The lowest BCUT2D eigenvalue weighted by atomic mass is 10.1. The maximum absolute atomic E-state index is 13.6. The SMILES string of the molecule is Cc1nccn1-c1cc(NC(=O)c2ccc(N(c3cnccn3)c3ncccn3)cc2)cc(C(F)(F)F)c1. The van der Waals surface area contributed by atoms with Crippen molar-refractivity contribution in [2.75, 3.05) is 10.2 Å². The minimum Gasteiger partial charge on any atom is -0.322 e. The first kappa shape index (κ1) is 24.6. The van der Waals surface area contributed by atoms with Crippen LogP contribution < -0.4 is 10.2 Å². The third-order valence-electron chi connectivity index (χ3n) is 5.53. The molecule has 0 atom stereocenters. The number of anilines is 4. The molecule has 190 valence electrons. The van der Waals surface area contributed by atoms with Crippen LogP contribution in [0.2, 0.25) is 0 Å². The number of nitrogens with zero attached hydrogens (tertiary/aromatic N) is 7. The fraction of sp³-hybridized carbons (Fsp3) is 0.0769. The molecule has 38 heavy (non-hydrogen) atoms. The largest absolute Gasteiger partial charge is 0.416 e. The number of hydrogen-bond donors (Lipinski definition) is 1. The number of alkyl halides is 3. The van der Waals surface area contributed by atoms with E-state index in [0.29, 0.717) is 23.3 Å². The van der Waals surface area contributed by atoms with Gasteiger partial charge in [0.2, 0.25) is 5.95 Å². The van der Waals surface area contributed by atoms with Crippen LogP contribution in [0.1, 0.15) is 21.7 Å². The van der Waals surface area contributed by atoms with Crippen molar-refractivity contribution in [1.29, 1.82) is 0 Å². The fourth-order valence-electron chi connectivity index (χ4n) is 3.77. The highest BCUT2D eigenvalue weighted by atomic mass is 19.4. The van der Waals surface area contributed by atoms with Gasteiger partial charge in [-0.1, -0.05) is 0 Å². The average Bonchev–Trinajstić information content (AvgIpc) is 3.35. The van der Waals surface area contributed by atoms with E-state index in [1.807, 2.05) is 0 Å². The van der Waals surface area contributed by atoms with Gasteiger partial charge in [-0.3, -0.25) is 14.7 Å². The van der Waals surface area contributed by atoms with Crippen LogP contribution in [0, 0.1) is 6.92 Å². The number of carbonyl (C=O) groups is 1. The number of hydrogen-bond acceptors (Lipinski definition) is 7. The Balaban J connectivity index is 1.44. The zero-order valence-corrected chi connectivity index (χ0v) is 19.8. The summed E-state index contributed by atoms with van der Waals surface area (Å²) in [5.74, 6) is 0.733. The number of benzene rings is 2. The van der Waals surface area contributed by atoms with Crippen molar-refractivity contribution in [2.45, 2.75) is 13.1 Å². The molecule has 0 aliphatic carbocycles. The van der Waals surface area contributed by atoms with Gasteiger partial charge in [-0.05, 0) is 55.5 Å². The molecule has 0 spiro atoms. The van der Waals surface area contributed by atoms with E-state index in [1.165, 1.54) is 29.2 Å². The van der Waals surface area contributed by atoms with Crippen LogP contribution in [0.5, 0.6) is 0 Å². The second kappa shape index (κ2) is 10.1. The molecule has 0 bridgehead atoms. The Kier molecular flexibility index (Phi) is 6.52. The van der Waals surface area contributed by atoms with Gasteiger partial charge in [0, 0.05) is 54.1 Å². The summed E-state index contributed by atoms with van der Waals surface area (Å²) in [5, 5.41) is 2.57. The topological polar surface area (TPSA) is 102 Å². The molecule has 5 rings (SSSR count). The summed E-state index contributed by atoms with van der Waals surface area (Å²) in [5.41, 5.74) is 0.167. The van der Waals surface area contributed by atoms with E-state index in [9.17, 15) is 18.0 Å². The van der Waals surface area contributed by atoms with Crippen LogP contribution in [0.15, 0.2) is 91.9 Å². The van der Waals surface area contributed by atoms with Crippen molar-refractivity contribution in [2.24, 2.45) is 0 Å². The molecular weight excluding hydrogens is 497 g/mol. The minimum absolute atomic E-state index is 0.00382. The number of rotatable bonds is 6. The Labute approximate surface area is 214 Å². The molecular formula is C26H19F3N8O. The summed E-state index contributed by atoms with van der Waals surface area (Å²) in [6.45, 7) is 1.67. The quantitative estimate of drug-likeness (QED) is 0.318. The Bertz CT molecular complexity index is 1520. The van der Waals surface area contributed by atoms with E-state index in [-0.39, 0.29) is 16.9 Å². The lowest BCUT2D eigenvalue weighted by Crippen LogP contribution is -2.16. The monoisotopic (exact) mass is 516 g/mol. The van der Waals surface area contributed by atoms with Gasteiger partial charge >= 0.3 is 6.18 Å². The predicted molar refractivity (Wildman–Crippen MR) is 134 cm³/mol. The van der Waals surface area contributed by atoms with Crippen molar-refractivity contribution in [1.82, 2.24) is 29.5 Å². The van der Waals surface area contributed by atoms with Gasteiger partial charge in [0.25, 0.3) is 5.91 Å². The van der Waals surface area contributed by atoms with E-state index in [4.69, 9.17) is 0 Å². The molecule has 0 unspecified atom stereocenters. The Morgan fingerprint density at radius 3 is 2.32 bits per heavy atom. The van der Waals surface area contributed by atoms with E-state index < -0.39 is 17.6 Å². The second-order valence-electron chi connectivity index (χ2n) is 8.06. The second-order valence-corrected chi connectivity index (χ2v) is 8.06. The van der Waals surface area contributed by atoms with E-state index >= 15 is 0 Å². The number of imidazole rings is 1. The van der Waals surface area contributed by atoms with Crippen LogP contribution >= 0.6 is 0 Å². The van der Waals surface area contributed by atoms with Gasteiger partial charge in [-0.25, -0.2) is 19.9 Å². The van der Waals surface area contributed by atoms with Gasteiger partial charge in [0.15, 0.2) is 5.82 Å². The molecule has 0 saturated heterocycles. The highest BCUT2D eigenvalue weighted by Gasteiger charge is 2.31. The van der Waals surface area contributed by atoms with Gasteiger partial charge in [-0.15, -0.1) is 0 Å². The van der Waals surface area contributed by atoms with Crippen LogP contribution in [0.4, 0.5) is 36.3 Å². The standard InChI is InChI=1S/C26H19F3N8O/c1-17-31-11-12-36(17)22-14-19(26(27,28)29)13-20(15-22)35-24(38)18-3-5-21(6-4-18)37(23-16-30-9-10-32-23)25-33-7-2-8-34-25/h2-16H,1H3,(H,35,38). The lowest BCUT2D eigenvalue weighted by Gasteiger charge is -2.21. The maximum atomic E-state index is 13.6. The van der Waals surface area contributed by atoms with Crippen LogP contribution in [-0.4, -0.2) is 35.4 Å². The first-order valence-corrected chi connectivity index (χ1v) is 11.3. The summed E-state index contributed by atoms with van der Waals surface area (Å²) >= 11 is 0. The fourth-order valence-corrected chi connectivity index (χ4v) is 3.77. The minimum atomic E-state index is -4.60. The van der Waals surface area contributed by atoms with Gasteiger partial charge in [-0.2, -0.15) is 13.2 Å². The summed E-state index contributed by atoms with van der Waals surface area (Å²) in [6, 6.07) is 11.4. The van der Waals surface area contributed by atoms with E-state index in [2.05, 4.69) is 30.2 Å². The molecule has 0 radical (unpaired) electrons. The first-order valence-electron chi connectivity index (χ1n) is 11.3. The van der Waals surface area contributed by atoms with Crippen LogP contribution in [0.25, 0.3) is 5.69 Å². The molecule has 0 aliphatic heterocycles. The smallest absolute Gasteiger partial charge is 0.322 e. The third kappa shape index (κ3) is 5.19. The number of carbonyl (C=O) groups excluding carboxylic acids is 1. The van der Waals surface area contributed by atoms with Crippen molar-refractivity contribution >= 4 is 29.0 Å². The molecule has 3 heterocycles. The highest BCUT2D eigenvalue weighted by Crippen LogP contribution is 2.34. The van der Waals surface area contributed by atoms with Gasteiger partial charge in [0.05, 0.1) is 17.4 Å². The molecule has 2 aromatic carbocycles. The van der Waals surface area contributed by atoms with E-state index in [1.54, 1.807) is 66.9 Å². The molecule has 1 amide bonds. The number of amides is 1. The molecule has 1 N–H and O–H groups in total. The number of aryl methyl sites for hydroxylation is 1.